The van der Waals surface area contributed by atoms with Crippen LogP contribution in [-0.2, 0) is 17.8 Å². The average molecular weight is 354 g/mol. The first-order valence-electron chi connectivity index (χ1n) is 8.01. The van der Waals surface area contributed by atoms with Crippen molar-refractivity contribution in [2.75, 3.05) is 7.05 Å². The van der Waals surface area contributed by atoms with Gasteiger partial charge in [0.1, 0.15) is 10.8 Å². The van der Waals surface area contributed by atoms with Gasteiger partial charge in [-0.15, -0.1) is 11.3 Å². The van der Waals surface area contributed by atoms with Crippen molar-refractivity contribution in [3.8, 4) is 10.6 Å². The first-order chi connectivity index (χ1) is 12.0. The van der Waals surface area contributed by atoms with Crippen molar-refractivity contribution < 1.29 is 9.18 Å². The molecule has 0 unspecified atom stereocenters. The molecule has 2 aromatic carbocycles. The quantitative estimate of drug-likeness (QED) is 0.678. The second-order valence-corrected chi connectivity index (χ2v) is 6.92. The third kappa shape index (κ3) is 4.51. The van der Waals surface area contributed by atoms with Crippen molar-refractivity contribution in [2.24, 2.45) is 0 Å². The largest absolute Gasteiger partial charge is 0.341 e. The van der Waals surface area contributed by atoms with E-state index in [4.69, 9.17) is 0 Å². The van der Waals surface area contributed by atoms with Gasteiger partial charge < -0.3 is 4.90 Å². The monoisotopic (exact) mass is 354 g/mol. The van der Waals surface area contributed by atoms with E-state index in [9.17, 15) is 9.18 Å². The van der Waals surface area contributed by atoms with Gasteiger partial charge in [-0.25, -0.2) is 9.37 Å². The van der Waals surface area contributed by atoms with Gasteiger partial charge in [-0.2, -0.15) is 0 Å². The van der Waals surface area contributed by atoms with Gasteiger partial charge in [0.25, 0.3) is 0 Å². The highest BCUT2D eigenvalue weighted by atomic mass is 32.1. The number of carbonyl (C=O) groups is 1. The van der Waals surface area contributed by atoms with Crippen LogP contribution in [0, 0.1) is 12.7 Å². The van der Waals surface area contributed by atoms with E-state index >= 15 is 0 Å². The van der Waals surface area contributed by atoms with Gasteiger partial charge in [-0.1, -0.05) is 42.0 Å². The zero-order chi connectivity index (χ0) is 17.8. The van der Waals surface area contributed by atoms with E-state index in [-0.39, 0.29) is 18.1 Å². The highest BCUT2D eigenvalue weighted by molar-refractivity contribution is 7.13. The summed E-state index contributed by atoms with van der Waals surface area (Å²) in [4.78, 5) is 18.6. The van der Waals surface area contributed by atoms with Crippen LogP contribution >= 0.6 is 11.3 Å². The molecular formula is C20H19FN2OS. The highest BCUT2D eigenvalue weighted by Crippen LogP contribution is 2.24. The fourth-order valence-corrected chi connectivity index (χ4v) is 3.33. The maximum absolute atomic E-state index is 13.2. The predicted octanol–water partition coefficient (Wildman–Crippen LogP) is 4.46. The summed E-state index contributed by atoms with van der Waals surface area (Å²) >= 11 is 1.54. The van der Waals surface area contributed by atoms with Crippen LogP contribution in [0.4, 0.5) is 4.39 Å². The smallest absolute Gasteiger partial charge is 0.228 e. The summed E-state index contributed by atoms with van der Waals surface area (Å²) in [6.45, 7) is 2.43. The van der Waals surface area contributed by atoms with Crippen molar-refractivity contribution >= 4 is 17.2 Å². The van der Waals surface area contributed by atoms with Crippen molar-refractivity contribution in [1.29, 1.82) is 0 Å². The summed E-state index contributed by atoms with van der Waals surface area (Å²) in [5.74, 6) is -0.328. The number of likely N-dealkylation sites (N-methyl/N-ethyl adjacent to an activating group) is 1. The van der Waals surface area contributed by atoms with Gasteiger partial charge in [-0.3, -0.25) is 4.79 Å². The summed E-state index contributed by atoms with van der Waals surface area (Å²) in [6, 6.07) is 14.5. The van der Waals surface area contributed by atoms with Crippen LogP contribution in [0.3, 0.4) is 0 Å². The molecule has 0 fully saturated rings. The maximum Gasteiger partial charge on any atom is 0.228 e. The standard InChI is InChI=1S/C20H19FN2OS/c1-14-6-8-16(9-7-14)20-22-18(13-25-20)11-19(24)23(2)12-15-4-3-5-17(21)10-15/h3-10,13H,11-12H2,1-2H3. The van der Waals surface area contributed by atoms with E-state index in [1.165, 1.54) is 29.0 Å². The molecule has 0 saturated heterocycles. The van der Waals surface area contributed by atoms with Gasteiger partial charge in [0.05, 0.1) is 12.1 Å². The first kappa shape index (κ1) is 17.3. The van der Waals surface area contributed by atoms with Crippen LogP contribution in [-0.4, -0.2) is 22.8 Å². The highest BCUT2D eigenvalue weighted by Gasteiger charge is 2.13. The minimum absolute atomic E-state index is 0.0370. The molecule has 0 bridgehead atoms. The lowest BCUT2D eigenvalue weighted by Crippen LogP contribution is -2.27. The Morgan fingerprint density at radius 1 is 1.20 bits per heavy atom. The van der Waals surface area contributed by atoms with Gasteiger partial charge in [0, 0.05) is 24.5 Å². The number of hydrogen-bond acceptors (Lipinski definition) is 3. The molecule has 0 radical (unpaired) electrons. The second-order valence-electron chi connectivity index (χ2n) is 6.07. The first-order valence-corrected chi connectivity index (χ1v) is 8.89. The fourth-order valence-electron chi connectivity index (χ4n) is 2.50. The van der Waals surface area contributed by atoms with Crippen molar-refractivity contribution in [3.05, 3.63) is 76.5 Å². The van der Waals surface area contributed by atoms with Crippen LogP contribution in [0.5, 0.6) is 0 Å². The average Bonchev–Trinajstić information content (AvgIpc) is 3.04. The number of aryl methyl sites for hydroxylation is 1. The molecule has 0 aliphatic heterocycles. The van der Waals surface area contributed by atoms with E-state index < -0.39 is 0 Å². The predicted molar refractivity (Wildman–Crippen MR) is 98.9 cm³/mol. The lowest BCUT2D eigenvalue weighted by Gasteiger charge is -2.16. The summed E-state index contributed by atoms with van der Waals surface area (Å²) in [5.41, 5.74) is 3.79. The zero-order valence-electron chi connectivity index (χ0n) is 14.2. The molecule has 3 rings (SSSR count). The number of hydrogen-bond donors (Lipinski definition) is 0. The lowest BCUT2D eigenvalue weighted by atomic mass is 10.1. The molecule has 0 N–H and O–H groups in total. The lowest BCUT2D eigenvalue weighted by molar-refractivity contribution is -0.129. The van der Waals surface area contributed by atoms with Crippen LogP contribution in [0.15, 0.2) is 53.9 Å². The Labute approximate surface area is 150 Å². The Morgan fingerprint density at radius 2 is 1.96 bits per heavy atom. The number of nitrogens with zero attached hydrogens (tertiary/aromatic N) is 2. The van der Waals surface area contributed by atoms with Gasteiger partial charge in [-0.05, 0) is 24.6 Å². The van der Waals surface area contributed by atoms with Gasteiger partial charge in [0.2, 0.25) is 5.91 Å². The van der Waals surface area contributed by atoms with Gasteiger partial charge in [0.15, 0.2) is 0 Å². The molecule has 1 heterocycles. The minimum Gasteiger partial charge on any atom is -0.341 e. The second kappa shape index (κ2) is 7.57. The minimum atomic E-state index is -0.291. The normalized spacial score (nSPS) is 10.7. The van der Waals surface area contributed by atoms with E-state index in [1.807, 2.05) is 42.6 Å². The van der Waals surface area contributed by atoms with E-state index in [1.54, 1.807) is 18.0 Å². The number of amides is 1. The Kier molecular flexibility index (Phi) is 5.24. The zero-order valence-corrected chi connectivity index (χ0v) is 15.0. The molecule has 0 aliphatic rings. The van der Waals surface area contributed by atoms with Crippen LogP contribution < -0.4 is 0 Å². The molecule has 0 saturated carbocycles. The Morgan fingerprint density at radius 3 is 2.68 bits per heavy atom. The van der Waals surface area contributed by atoms with Crippen LogP contribution in [0.2, 0.25) is 0 Å². The molecular weight excluding hydrogens is 335 g/mol. The molecule has 0 spiro atoms. The molecule has 3 nitrogen and oxygen atoms in total. The van der Waals surface area contributed by atoms with E-state index in [0.29, 0.717) is 6.54 Å². The van der Waals surface area contributed by atoms with E-state index in [0.717, 1.165) is 21.8 Å². The molecule has 0 aliphatic carbocycles. The molecule has 3 aromatic rings. The fraction of sp³-hybridized carbons (Fsp3) is 0.200. The maximum atomic E-state index is 13.2. The number of halogens is 1. The van der Waals surface area contributed by atoms with Crippen LogP contribution in [0.25, 0.3) is 10.6 Å². The number of aromatic nitrogens is 1. The summed E-state index contributed by atoms with van der Waals surface area (Å²) in [7, 11) is 1.72. The number of rotatable bonds is 5. The third-order valence-electron chi connectivity index (χ3n) is 3.92. The number of benzene rings is 2. The van der Waals surface area contributed by atoms with Crippen molar-refractivity contribution in [3.63, 3.8) is 0 Å². The molecule has 5 heteroatoms. The molecule has 25 heavy (non-hydrogen) atoms. The van der Waals surface area contributed by atoms with Crippen molar-refractivity contribution in [1.82, 2.24) is 9.88 Å². The molecule has 1 amide bonds. The van der Waals surface area contributed by atoms with Crippen molar-refractivity contribution in [2.45, 2.75) is 19.9 Å². The number of thiazole rings is 1. The molecule has 128 valence electrons. The summed E-state index contributed by atoms with van der Waals surface area (Å²) in [6.07, 6.45) is 0.244. The third-order valence-corrected chi connectivity index (χ3v) is 4.86. The van der Waals surface area contributed by atoms with E-state index in [2.05, 4.69) is 4.98 Å². The molecule has 0 atom stereocenters. The number of carbonyl (C=O) groups excluding carboxylic acids is 1. The van der Waals surface area contributed by atoms with Crippen LogP contribution in [0.1, 0.15) is 16.8 Å². The molecule has 1 aromatic heterocycles. The topological polar surface area (TPSA) is 33.2 Å². The Balaban J connectivity index is 1.64. The Hall–Kier alpha value is -2.53. The summed E-state index contributed by atoms with van der Waals surface area (Å²) in [5, 5.41) is 2.83. The van der Waals surface area contributed by atoms with Gasteiger partial charge >= 0.3 is 0 Å². The SMILES string of the molecule is Cc1ccc(-c2nc(CC(=O)N(C)Cc3cccc(F)c3)cs2)cc1. The Bertz CT molecular complexity index is 873. The summed E-state index contributed by atoms with van der Waals surface area (Å²) < 4.78 is 13.2.